The molecule has 5 rings (SSSR count). The van der Waals surface area contributed by atoms with Crippen molar-refractivity contribution in [2.45, 2.75) is 103 Å². The molecule has 1 aliphatic heterocycles. The second-order valence-electron chi connectivity index (χ2n) is 9.23. The van der Waals surface area contributed by atoms with Gasteiger partial charge >= 0.3 is 7.12 Å². The van der Waals surface area contributed by atoms with E-state index in [1.54, 1.807) is 0 Å². The molecule has 2 bridgehead atoms. The van der Waals surface area contributed by atoms with Gasteiger partial charge in [0, 0.05) is 0 Å². The van der Waals surface area contributed by atoms with Crippen molar-refractivity contribution in [2.24, 2.45) is 11.3 Å². The number of rotatable bonds is 1. The molecule has 0 radical (unpaired) electrons. The Labute approximate surface area is 142 Å². The van der Waals surface area contributed by atoms with Crippen LogP contribution in [0.5, 0.6) is 0 Å². The molecular formula is C20H33BO2. The van der Waals surface area contributed by atoms with Gasteiger partial charge in [0.2, 0.25) is 0 Å². The molecule has 0 aromatic heterocycles. The Morgan fingerprint density at radius 1 is 1.00 bits per heavy atom. The molecular weight excluding hydrogens is 283 g/mol. The second kappa shape index (κ2) is 5.63. The first kappa shape index (κ1) is 16.2. The maximum Gasteiger partial charge on any atom is 0.490 e. The molecule has 3 atom stereocenters. The molecule has 5 aliphatic rings. The van der Waals surface area contributed by atoms with Gasteiger partial charge < -0.3 is 9.31 Å². The average Bonchev–Trinajstić information content (AvgIpc) is 2.88. The Bertz CT molecular complexity index is 500. The summed E-state index contributed by atoms with van der Waals surface area (Å²) in [6.45, 7) is 7.14. The van der Waals surface area contributed by atoms with Gasteiger partial charge in [-0.25, -0.2) is 0 Å². The molecule has 0 N–H and O–H groups in total. The van der Waals surface area contributed by atoms with E-state index in [-0.39, 0.29) is 23.7 Å². The van der Waals surface area contributed by atoms with E-state index in [4.69, 9.17) is 9.31 Å². The third-order valence-corrected chi connectivity index (χ3v) is 7.72. The molecule has 3 heteroatoms. The zero-order valence-electron chi connectivity index (χ0n) is 15.3. The van der Waals surface area contributed by atoms with Crippen molar-refractivity contribution in [3.63, 3.8) is 0 Å². The van der Waals surface area contributed by atoms with Crippen LogP contribution in [0.1, 0.15) is 91.4 Å². The first-order valence-electron chi connectivity index (χ1n) is 10.0. The molecule has 1 saturated heterocycles. The fourth-order valence-electron chi connectivity index (χ4n) is 5.93. The normalized spacial score (nSPS) is 45.6. The van der Waals surface area contributed by atoms with Crippen molar-refractivity contribution in [3.05, 3.63) is 11.5 Å². The van der Waals surface area contributed by atoms with Crippen LogP contribution in [0.3, 0.4) is 0 Å². The van der Waals surface area contributed by atoms with Crippen molar-refractivity contribution >= 4 is 7.12 Å². The maximum absolute atomic E-state index is 6.75. The predicted molar refractivity (Wildman–Crippen MR) is 95.2 cm³/mol. The van der Waals surface area contributed by atoms with Gasteiger partial charge in [0.05, 0.1) is 11.2 Å². The first-order chi connectivity index (χ1) is 11.0. The number of allylic oxidation sites excluding steroid dienone is 2. The molecule has 4 fully saturated rings. The summed E-state index contributed by atoms with van der Waals surface area (Å²) >= 11 is 0. The van der Waals surface area contributed by atoms with Crippen LogP contribution < -0.4 is 0 Å². The third-order valence-electron chi connectivity index (χ3n) is 7.72. The fraction of sp³-hybridized carbons (Fsp3) is 0.900. The van der Waals surface area contributed by atoms with Crippen LogP contribution in [-0.2, 0) is 9.31 Å². The van der Waals surface area contributed by atoms with Gasteiger partial charge in [0.25, 0.3) is 0 Å². The molecule has 0 amide bonds. The molecule has 23 heavy (non-hydrogen) atoms. The Morgan fingerprint density at radius 3 is 2.48 bits per heavy atom. The van der Waals surface area contributed by atoms with Crippen LogP contribution >= 0.6 is 0 Å². The minimum Gasteiger partial charge on any atom is -0.399 e. The number of hydrogen-bond donors (Lipinski definition) is 0. The van der Waals surface area contributed by atoms with E-state index < -0.39 is 0 Å². The van der Waals surface area contributed by atoms with Crippen LogP contribution in [0.15, 0.2) is 11.5 Å². The lowest BCUT2D eigenvalue weighted by atomic mass is 9.41. The van der Waals surface area contributed by atoms with E-state index in [0.29, 0.717) is 0 Å². The zero-order chi connectivity index (χ0) is 16.1. The van der Waals surface area contributed by atoms with Gasteiger partial charge in [-0.3, -0.25) is 0 Å². The highest BCUT2D eigenvalue weighted by Crippen LogP contribution is 2.70. The smallest absolute Gasteiger partial charge is 0.399 e. The van der Waals surface area contributed by atoms with Crippen LogP contribution in [-0.4, -0.2) is 18.3 Å². The number of fused-ring (bicyclic) bond motifs is 1. The lowest BCUT2D eigenvalue weighted by molar-refractivity contribution is -0.257. The second-order valence-corrected chi connectivity index (χ2v) is 9.23. The van der Waals surface area contributed by atoms with Crippen molar-refractivity contribution in [1.29, 1.82) is 0 Å². The summed E-state index contributed by atoms with van der Waals surface area (Å²) in [6.07, 6.45) is 16.7. The van der Waals surface area contributed by atoms with Crippen molar-refractivity contribution in [2.75, 3.05) is 0 Å². The van der Waals surface area contributed by atoms with Gasteiger partial charge in [0.15, 0.2) is 0 Å². The van der Waals surface area contributed by atoms with Crippen LogP contribution in [0, 0.1) is 11.3 Å². The third kappa shape index (κ3) is 2.29. The minimum atomic E-state index is -0.0773. The van der Waals surface area contributed by atoms with Gasteiger partial charge in [-0.15, -0.1) is 0 Å². The van der Waals surface area contributed by atoms with Gasteiger partial charge in [0.1, 0.15) is 0 Å². The highest BCUT2D eigenvalue weighted by Gasteiger charge is 2.76. The molecule has 2 nitrogen and oxygen atoms in total. The maximum atomic E-state index is 6.75. The number of hydrogen-bond acceptors (Lipinski definition) is 2. The van der Waals surface area contributed by atoms with Crippen LogP contribution in [0.2, 0.25) is 0 Å². The Morgan fingerprint density at radius 2 is 1.74 bits per heavy atom. The zero-order valence-corrected chi connectivity index (χ0v) is 15.3. The lowest BCUT2D eigenvalue weighted by Gasteiger charge is -2.68. The summed E-state index contributed by atoms with van der Waals surface area (Å²) in [6, 6.07) is 0. The SMILES string of the molecule is CC12CCC3CC1(OB(/C1=C/CCCCCCCC1)O2)C3(C)C. The summed E-state index contributed by atoms with van der Waals surface area (Å²) in [5.41, 5.74) is 1.59. The molecule has 1 spiro atoms. The Balaban J connectivity index is 1.55. The summed E-state index contributed by atoms with van der Waals surface area (Å²) in [4.78, 5) is 0. The summed E-state index contributed by atoms with van der Waals surface area (Å²) in [5, 5.41) is 0. The molecule has 0 aromatic rings. The monoisotopic (exact) mass is 316 g/mol. The van der Waals surface area contributed by atoms with Crippen molar-refractivity contribution in [3.8, 4) is 0 Å². The molecule has 0 aromatic carbocycles. The molecule has 3 unspecified atom stereocenters. The van der Waals surface area contributed by atoms with E-state index in [2.05, 4.69) is 26.8 Å². The van der Waals surface area contributed by atoms with Crippen LogP contribution in [0.25, 0.3) is 0 Å². The summed E-state index contributed by atoms with van der Waals surface area (Å²) in [7, 11) is -0.0715. The van der Waals surface area contributed by atoms with Crippen molar-refractivity contribution < 1.29 is 9.31 Å². The summed E-state index contributed by atoms with van der Waals surface area (Å²) < 4.78 is 13.4. The standard InChI is InChI=1S/C20H33BO2/c1-18(2)16-13-14-19(3)20(18,15-16)23-21(22-19)17-11-9-7-5-4-6-8-10-12-17/h11,16H,4-10,12-15H2,1-3H3/b17-11+. The highest BCUT2D eigenvalue weighted by molar-refractivity contribution is 6.54. The molecule has 4 aliphatic carbocycles. The van der Waals surface area contributed by atoms with Crippen molar-refractivity contribution in [1.82, 2.24) is 0 Å². The average molecular weight is 316 g/mol. The first-order valence-corrected chi connectivity index (χ1v) is 10.0. The molecule has 128 valence electrons. The topological polar surface area (TPSA) is 18.5 Å². The minimum absolute atomic E-state index is 0.0380. The van der Waals surface area contributed by atoms with E-state index >= 15 is 0 Å². The molecule has 1 heterocycles. The van der Waals surface area contributed by atoms with Gasteiger partial charge in [-0.1, -0.05) is 52.0 Å². The quantitative estimate of drug-likeness (QED) is 0.598. The Kier molecular flexibility index (Phi) is 3.96. The van der Waals surface area contributed by atoms with E-state index in [1.807, 2.05) is 0 Å². The van der Waals surface area contributed by atoms with Gasteiger partial charge in [-0.2, -0.15) is 0 Å². The largest absolute Gasteiger partial charge is 0.490 e. The van der Waals surface area contributed by atoms with Gasteiger partial charge in [-0.05, 0) is 62.3 Å². The Hall–Kier alpha value is -0.275. The van der Waals surface area contributed by atoms with E-state index in [1.165, 1.54) is 76.1 Å². The summed E-state index contributed by atoms with van der Waals surface area (Å²) in [5.74, 6) is 0.830. The van der Waals surface area contributed by atoms with E-state index in [0.717, 1.165) is 5.92 Å². The van der Waals surface area contributed by atoms with Crippen LogP contribution in [0.4, 0.5) is 0 Å². The lowest BCUT2D eigenvalue weighted by Crippen LogP contribution is -2.73. The molecule has 3 saturated carbocycles. The van der Waals surface area contributed by atoms with E-state index in [9.17, 15) is 0 Å². The fourth-order valence-corrected chi connectivity index (χ4v) is 5.93. The highest BCUT2D eigenvalue weighted by atomic mass is 16.7. The predicted octanol–water partition coefficient (Wildman–Crippen LogP) is 5.46.